The second kappa shape index (κ2) is 5.30. The van der Waals surface area contributed by atoms with E-state index in [2.05, 4.69) is 4.74 Å². The first-order chi connectivity index (χ1) is 10.1. The SMILES string of the molecule is COC(=O)c1ccc(C(C)n2ccc3cccc(Cl)c32)o1. The summed E-state index contributed by atoms with van der Waals surface area (Å²) in [5.41, 5.74) is 0.947. The predicted molar refractivity (Wildman–Crippen MR) is 80.8 cm³/mol. The van der Waals surface area contributed by atoms with Crippen molar-refractivity contribution >= 4 is 28.5 Å². The number of carbonyl (C=O) groups excluding carboxylic acids is 1. The maximum atomic E-state index is 11.5. The molecule has 0 bridgehead atoms. The van der Waals surface area contributed by atoms with Gasteiger partial charge in [-0.3, -0.25) is 0 Å². The highest BCUT2D eigenvalue weighted by Gasteiger charge is 2.18. The average molecular weight is 304 g/mol. The third kappa shape index (κ3) is 2.32. The second-order valence-electron chi connectivity index (χ2n) is 4.77. The van der Waals surface area contributed by atoms with Crippen molar-refractivity contribution in [3.63, 3.8) is 0 Å². The first-order valence-corrected chi connectivity index (χ1v) is 6.92. The van der Waals surface area contributed by atoms with Crippen molar-refractivity contribution in [1.82, 2.24) is 4.57 Å². The molecule has 1 atom stereocenters. The summed E-state index contributed by atoms with van der Waals surface area (Å²) < 4.78 is 12.2. The number of halogens is 1. The maximum absolute atomic E-state index is 11.5. The monoisotopic (exact) mass is 303 g/mol. The van der Waals surface area contributed by atoms with Crippen LogP contribution in [0.4, 0.5) is 0 Å². The summed E-state index contributed by atoms with van der Waals surface area (Å²) in [5, 5.41) is 1.75. The summed E-state index contributed by atoms with van der Waals surface area (Å²) in [5.74, 6) is 0.388. The summed E-state index contributed by atoms with van der Waals surface area (Å²) in [6.07, 6.45) is 1.96. The number of benzene rings is 1. The first-order valence-electron chi connectivity index (χ1n) is 6.55. The van der Waals surface area contributed by atoms with Crippen LogP contribution in [-0.4, -0.2) is 17.6 Å². The predicted octanol–water partition coefficient (Wildman–Crippen LogP) is 4.28. The Morgan fingerprint density at radius 3 is 2.86 bits per heavy atom. The number of esters is 1. The quantitative estimate of drug-likeness (QED) is 0.678. The number of hydrogen-bond donors (Lipinski definition) is 0. The highest BCUT2D eigenvalue weighted by Crippen LogP contribution is 2.30. The summed E-state index contributed by atoms with van der Waals surface area (Å²) >= 11 is 6.29. The van der Waals surface area contributed by atoms with E-state index in [1.165, 1.54) is 7.11 Å². The van der Waals surface area contributed by atoms with Gasteiger partial charge in [-0.15, -0.1) is 0 Å². The van der Waals surface area contributed by atoms with Gasteiger partial charge in [0.15, 0.2) is 0 Å². The van der Waals surface area contributed by atoms with E-state index in [0.717, 1.165) is 10.9 Å². The number of carbonyl (C=O) groups is 1. The minimum Gasteiger partial charge on any atom is -0.463 e. The summed E-state index contributed by atoms with van der Waals surface area (Å²) in [6.45, 7) is 1.99. The number of hydrogen-bond acceptors (Lipinski definition) is 3. The van der Waals surface area contributed by atoms with E-state index in [4.69, 9.17) is 16.0 Å². The van der Waals surface area contributed by atoms with Crippen LogP contribution in [0.5, 0.6) is 0 Å². The van der Waals surface area contributed by atoms with Gasteiger partial charge in [-0.1, -0.05) is 23.7 Å². The average Bonchev–Trinajstić information content (AvgIpc) is 3.13. The molecule has 21 heavy (non-hydrogen) atoms. The Balaban J connectivity index is 2.02. The molecule has 1 aromatic carbocycles. The van der Waals surface area contributed by atoms with Crippen LogP contribution in [0.3, 0.4) is 0 Å². The minimum absolute atomic E-state index is 0.0826. The number of nitrogens with zero attached hydrogens (tertiary/aromatic N) is 1. The van der Waals surface area contributed by atoms with Crippen LogP contribution in [0.25, 0.3) is 10.9 Å². The molecule has 4 nitrogen and oxygen atoms in total. The Morgan fingerprint density at radius 2 is 2.10 bits per heavy atom. The molecule has 0 saturated heterocycles. The normalized spacial score (nSPS) is 12.5. The van der Waals surface area contributed by atoms with Crippen LogP contribution in [-0.2, 0) is 4.74 Å². The molecule has 3 rings (SSSR count). The molecule has 2 heterocycles. The topological polar surface area (TPSA) is 44.4 Å². The third-order valence-corrected chi connectivity index (χ3v) is 3.84. The fourth-order valence-electron chi connectivity index (χ4n) is 2.42. The molecule has 3 aromatic rings. The van der Waals surface area contributed by atoms with Crippen molar-refractivity contribution < 1.29 is 13.9 Å². The van der Waals surface area contributed by atoms with E-state index in [9.17, 15) is 4.79 Å². The zero-order chi connectivity index (χ0) is 15.0. The molecule has 0 aliphatic rings. The fraction of sp³-hybridized carbons (Fsp3) is 0.188. The molecule has 0 amide bonds. The summed E-state index contributed by atoms with van der Waals surface area (Å²) in [7, 11) is 1.33. The minimum atomic E-state index is -0.483. The number of methoxy groups -OCH3 is 1. The summed E-state index contributed by atoms with van der Waals surface area (Å²) in [6, 6.07) is 11.1. The molecule has 0 radical (unpaired) electrons. The van der Waals surface area contributed by atoms with E-state index < -0.39 is 5.97 Å². The van der Waals surface area contributed by atoms with Crippen LogP contribution in [0, 0.1) is 0 Å². The first kappa shape index (κ1) is 13.8. The standard InChI is InChI=1S/C16H14ClNO3/c1-10(13-6-7-14(21-13)16(19)20-2)18-9-8-11-4-3-5-12(17)15(11)18/h3-10H,1-2H3. The van der Waals surface area contributed by atoms with Crippen LogP contribution < -0.4 is 0 Å². The van der Waals surface area contributed by atoms with Gasteiger partial charge in [0, 0.05) is 11.6 Å². The fourth-order valence-corrected chi connectivity index (χ4v) is 2.70. The molecule has 0 saturated carbocycles. The van der Waals surface area contributed by atoms with Gasteiger partial charge in [-0.05, 0) is 31.2 Å². The molecule has 0 aliphatic heterocycles. The number of fused-ring (bicyclic) bond motifs is 1. The highest BCUT2D eigenvalue weighted by molar-refractivity contribution is 6.35. The number of para-hydroxylation sites is 1. The largest absolute Gasteiger partial charge is 0.463 e. The van der Waals surface area contributed by atoms with Crippen molar-refractivity contribution in [3.8, 4) is 0 Å². The van der Waals surface area contributed by atoms with Gasteiger partial charge in [0.2, 0.25) is 5.76 Å². The van der Waals surface area contributed by atoms with E-state index >= 15 is 0 Å². The van der Waals surface area contributed by atoms with Crippen molar-refractivity contribution in [1.29, 1.82) is 0 Å². The van der Waals surface area contributed by atoms with E-state index in [-0.39, 0.29) is 11.8 Å². The van der Waals surface area contributed by atoms with Gasteiger partial charge in [0.25, 0.3) is 0 Å². The molecule has 1 unspecified atom stereocenters. The molecular formula is C16H14ClNO3. The lowest BCUT2D eigenvalue weighted by atomic mass is 10.2. The van der Waals surface area contributed by atoms with Gasteiger partial charge in [-0.2, -0.15) is 0 Å². The van der Waals surface area contributed by atoms with Crippen LogP contribution in [0.2, 0.25) is 5.02 Å². The molecular weight excluding hydrogens is 290 g/mol. The highest BCUT2D eigenvalue weighted by atomic mass is 35.5. The smallest absolute Gasteiger partial charge is 0.373 e. The van der Waals surface area contributed by atoms with Crippen LogP contribution in [0.1, 0.15) is 29.3 Å². The van der Waals surface area contributed by atoms with Gasteiger partial charge < -0.3 is 13.7 Å². The van der Waals surface area contributed by atoms with E-state index in [1.54, 1.807) is 12.1 Å². The molecule has 108 valence electrons. The van der Waals surface area contributed by atoms with Gasteiger partial charge in [0.1, 0.15) is 5.76 Å². The Labute approximate surface area is 126 Å². The Bertz CT molecular complexity index is 803. The van der Waals surface area contributed by atoms with Gasteiger partial charge in [0.05, 0.1) is 23.7 Å². The Hall–Kier alpha value is -2.20. The number of aromatic nitrogens is 1. The molecule has 0 spiro atoms. The van der Waals surface area contributed by atoms with Crippen LogP contribution in [0.15, 0.2) is 47.0 Å². The lowest BCUT2D eigenvalue weighted by Gasteiger charge is -2.13. The van der Waals surface area contributed by atoms with E-state index in [0.29, 0.717) is 10.8 Å². The second-order valence-corrected chi connectivity index (χ2v) is 5.18. The van der Waals surface area contributed by atoms with E-state index in [1.807, 2.05) is 42.0 Å². The van der Waals surface area contributed by atoms with Crippen molar-refractivity contribution in [2.75, 3.05) is 7.11 Å². The number of rotatable bonds is 3. The Morgan fingerprint density at radius 1 is 1.29 bits per heavy atom. The van der Waals surface area contributed by atoms with Crippen molar-refractivity contribution in [2.45, 2.75) is 13.0 Å². The van der Waals surface area contributed by atoms with Gasteiger partial charge >= 0.3 is 5.97 Å². The third-order valence-electron chi connectivity index (χ3n) is 3.53. The molecule has 0 N–H and O–H groups in total. The zero-order valence-electron chi connectivity index (χ0n) is 11.7. The zero-order valence-corrected chi connectivity index (χ0v) is 12.4. The van der Waals surface area contributed by atoms with Gasteiger partial charge in [-0.25, -0.2) is 4.79 Å². The molecule has 2 aromatic heterocycles. The molecule has 0 fully saturated rings. The molecule has 0 aliphatic carbocycles. The lowest BCUT2D eigenvalue weighted by molar-refractivity contribution is 0.0562. The molecule has 5 heteroatoms. The number of furan rings is 1. The Kier molecular flexibility index (Phi) is 3.47. The lowest BCUT2D eigenvalue weighted by Crippen LogP contribution is -2.05. The van der Waals surface area contributed by atoms with Crippen molar-refractivity contribution in [2.24, 2.45) is 0 Å². The van der Waals surface area contributed by atoms with Crippen LogP contribution >= 0.6 is 11.6 Å². The number of ether oxygens (including phenoxy) is 1. The maximum Gasteiger partial charge on any atom is 0.373 e. The summed E-state index contributed by atoms with van der Waals surface area (Å²) in [4.78, 5) is 11.5. The van der Waals surface area contributed by atoms with Crippen molar-refractivity contribution in [3.05, 3.63) is 59.1 Å².